The molecule has 3 aromatic rings. The van der Waals surface area contributed by atoms with Crippen LogP contribution >= 0.6 is 0 Å². The van der Waals surface area contributed by atoms with E-state index in [2.05, 4.69) is 11.0 Å². The number of anilines is 1. The predicted octanol–water partition coefficient (Wildman–Crippen LogP) is 4.35. The van der Waals surface area contributed by atoms with Crippen LogP contribution in [0.2, 0.25) is 0 Å². The van der Waals surface area contributed by atoms with Crippen LogP contribution in [0.1, 0.15) is 35.1 Å². The summed E-state index contributed by atoms with van der Waals surface area (Å²) in [7, 11) is 3.29. The van der Waals surface area contributed by atoms with Crippen molar-refractivity contribution in [2.45, 2.75) is 39.2 Å². The second-order valence-electron chi connectivity index (χ2n) is 7.96. The highest BCUT2D eigenvalue weighted by Gasteiger charge is 2.26. The number of benzene rings is 2. The molecule has 0 atom stereocenters. The summed E-state index contributed by atoms with van der Waals surface area (Å²) in [5, 5.41) is 1.05. The first-order valence-electron chi connectivity index (χ1n) is 10.3. The van der Waals surface area contributed by atoms with E-state index in [-0.39, 0.29) is 5.63 Å². The average Bonchev–Trinajstić information content (AvgIpc) is 2.79. The van der Waals surface area contributed by atoms with Gasteiger partial charge in [0, 0.05) is 52.5 Å². The number of hydrogen-bond donors (Lipinski definition) is 0. The molecule has 0 spiro atoms. The maximum atomic E-state index is 12.5. The van der Waals surface area contributed by atoms with Gasteiger partial charge in [-0.1, -0.05) is 0 Å². The van der Waals surface area contributed by atoms with Crippen molar-refractivity contribution < 1.29 is 18.6 Å². The Morgan fingerprint density at radius 1 is 0.967 bits per heavy atom. The number of aryl methyl sites for hydroxylation is 2. The summed E-state index contributed by atoms with van der Waals surface area (Å²) >= 11 is 0. The lowest BCUT2D eigenvalue weighted by Gasteiger charge is -2.32. The third-order valence-corrected chi connectivity index (χ3v) is 6.20. The van der Waals surface area contributed by atoms with Crippen molar-refractivity contribution in [3.8, 4) is 17.2 Å². The zero-order valence-corrected chi connectivity index (χ0v) is 17.5. The van der Waals surface area contributed by atoms with E-state index in [1.165, 1.54) is 0 Å². The van der Waals surface area contributed by atoms with Gasteiger partial charge in [0.2, 0.25) is 0 Å². The first kappa shape index (κ1) is 18.9. The van der Waals surface area contributed by atoms with Crippen molar-refractivity contribution >= 4 is 16.7 Å². The van der Waals surface area contributed by atoms with Crippen molar-refractivity contribution in [2.75, 3.05) is 25.9 Å². The van der Waals surface area contributed by atoms with Crippen molar-refractivity contribution in [3.63, 3.8) is 0 Å². The molecule has 5 rings (SSSR count). The molecule has 0 saturated carbocycles. The number of hydrogen-bond acceptors (Lipinski definition) is 6. The number of ether oxygens (including phenoxy) is 3. The van der Waals surface area contributed by atoms with E-state index >= 15 is 0 Å². The molecule has 0 N–H and O–H groups in total. The van der Waals surface area contributed by atoms with Crippen molar-refractivity contribution in [1.29, 1.82) is 0 Å². The lowest BCUT2D eigenvalue weighted by atomic mass is 9.89. The molecule has 1 aliphatic heterocycles. The minimum atomic E-state index is -0.193. The van der Waals surface area contributed by atoms with Crippen LogP contribution in [0.25, 0.3) is 11.0 Å². The van der Waals surface area contributed by atoms with Gasteiger partial charge >= 0.3 is 5.63 Å². The van der Waals surface area contributed by atoms with Gasteiger partial charge in [-0.3, -0.25) is 0 Å². The summed E-state index contributed by atoms with van der Waals surface area (Å²) in [5.74, 6) is 2.29. The molecule has 0 amide bonds. The molecule has 6 heteroatoms. The second-order valence-corrected chi connectivity index (χ2v) is 7.96. The summed E-state index contributed by atoms with van der Waals surface area (Å²) in [6.45, 7) is 3.06. The van der Waals surface area contributed by atoms with Crippen LogP contribution in [-0.4, -0.2) is 21.0 Å². The van der Waals surface area contributed by atoms with E-state index < -0.39 is 0 Å². The lowest BCUT2D eigenvalue weighted by Crippen LogP contribution is -2.32. The monoisotopic (exact) mass is 407 g/mol. The number of fused-ring (bicyclic) bond motifs is 4. The standard InChI is InChI=1S/C24H25NO5/c1-14-22-15(8-21-19-6-4-5-7-20(19)24(26)30-23(14)21)12-25(13-29-22)16-9-17(27-2)11-18(10-16)28-3/h8-11H,4-7,12-13H2,1-3H3. The van der Waals surface area contributed by atoms with Gasteiger partial charge in [0.25, 0.3) is 0 Å². The summed E-state index contributed by atoms with van der Waals surface area (Å²) in [6, 6.07) is 7.96. The van der Waals surface area contributed by atoms with Gasteiger partial charge in [0.15, 0.2) is 6.73 Å². The smallest absolute Gasteiger partial charge is 0.339 e. The molecule has 0 radical (unpaired) electrons. The second kappa shape index (κ2) is 7.27. The molecule has 1 aliphatic carbocycles. The molecule has 0 unspecified atom stereocenters. The first-order valence-corrected chi connectivity index (χ1v) is 10.3. The Morgan fingerprint density at radius 3 is 2.37 bits per heavy atom. The van der Waals surface area contributed by atoms with Crippen LogP contribution in [0.3, 0.4) is 0 Å². The fraction of sp³-hybridized carbons (Fsp3) is 0.375. The Labute approximate surface area is 175 Å². The Kier molecular flexibility index (Phi) is 4.57. The van der Waals surface area contributed by atoms with E-state index in [9.17, 15) is 4.79 Å². The van der Waals surface area contributed by atoms with Crippen LogP contribution in [0, 0.1) is 6.92 Å². The van der Waals surface area contributed by atoms with Crippen LogP contribution < -0.4 is 24.7 Å². The molecule has 1 aromatic heterocycles. The van der Waals surface area contributed by atoms with Gasteiger partial charge in [0.05, 0.1) is 14.2 Å². The van der Waals surface area contributed by atoms with E-state index in [0.717, 1.165) is 76.3 Å². The molecule has 2 aromatic carbocycles. The summed E-state index contributed by atoms with van der Waals surface area (Å²) in [4.78, 5) is 14.7. The largest absolute Gasteiger partial charge is 0.497 e. The first-order chi connectivity index (χ1) is 14.6. The van der Waals surface area contributed by atoms with Gasteiger partial charge in [-0.2, -0.15) is 0 Å². The molecule has 0 saturated heterocycles. The zero-order chi connectivity index (χ0) is 20.8. The number of nitrogens with zero attached hydrogens (tertiary/aromatic N) is 1. The minimum Gasteiger partial charge on any atom is -0.497 e. The topological polar surface area (TPSA) is 61.1 Å². The lowest BCUT2D eigenvalue weighted by molar-refractivity contribution is 0.287. The molecule has 2 heterocycles. The van der Waals surface area contributed by atoms with Gasteiger partial charge < -0.3 is 23.5 Å². The Morgan fingerprint density at radius 2 is 1.67 bits per heavy atom. The van der Waals surface area contributed by atoms with Crippen LogP contribution in [0.5, 0.6) is 17.2 Å². The summed E-state index contributed by atoms with van der Waals surface area (Å²) in [5.41, 5.74) is 5.43. The number of rotatable bonds is 3. The maximum absolute atomic E-state index is 12.5. The molecule has 0 bridgehead atoms. The Balaban J connectivity index is 1.61. The fourth-order valence-electron chi connectivity index (χ4n) is 4.64. The molecule has 156 valence electrons. The molecule has 0 fully saturated rings. The van der Waals surface area contributed by atoms with Gasteiger partial charge in [-0.05, 0) is 44.2 Å². The zero-order valence-electron chi connectivity index (χ0n) is 17.5. The van der Waals surface area contributed by atoms with E-state index in [0.29, 0.717) is 18.9 Å². The third kappa shape index (κ3) is 2.98. The quantitative estimate of drug-likeness (QED) is 0.602. The molecule has 6 nitrogen and oxygen atoms in total. The molecular formula is C24H25NO5. The van der Waals surface area contributed by atoms with Crippen LogP contribution in [0.15, 0.2) is 33.5 Å². The highest BCUT2D eigenvalue weighted by molar-refractivity contribution is 5.87. The highest BCUT2D eigenvalue weighted by Crippen LogP contribution is 2.39. The SMILES string of the molecule is COc1cc(OC)cc(N2COc3c(cc4c5c(c(=O)oc4c3C)CCCC5)C2)c1. The fourth-order valence-corrected chi connectivity index (χ4v) is 4.64. The Bertz CT molecular complexity index is 1170. The third-order valence-electron chi connectivity index (χ3n) is 6.20. The summed E-state index contributed by atoms with van der Waals surface area (Å²) in [6.07, 6.45) is 3.87. The van der Waals surface area contributed by atoms with Gasteiger partial charge in [0.1, 0.15) is 22.8 Å². The maximum Gasteiger partial charge on any atom is 0.339 e. The average molecular weight is 407 g/mol. The van der Waals surface area contributed by atoms with Gasteiger partial charge in [-0.25, -0.2) is 4.79 Å². The van der Waals surface area contributed by atoms with E-state index in [1.54, 1.807) is 14.2 Å². The van der Waals surface area contributed by atoms with Crippen molar-refractivity contribution in [2.24, 2.45) is 0 Å². The molecule has 2 aliphatic rings. The van der Waals surface area contributed by atoms with Crippen LogP contribution in [-0.2, 0) is 19.4 Å². The van der Waals surface area contributed by atoms with Crippen molar-refractivity contribution in [3.05, 3.63) is 56.9 Å². The number of methoxy groups -OCH3 is 2. The summed E-state index contributed by atoms with van der Waals surface area (Å²) < 4.78 is 22.7. The predicted molar refractivity (Wildman–Crippen MR) is 115 cm³/mol. The van der Waals surface area contributed by atoms with Gasteiger partial charge in [-0.15, -0.1) is 0 Å². The minimum absolute atomic E-state index is 0.193. The van der Waals surface area contributed by atoms with E-state index in [4.69, 9.17) is 18.6 Å². The van der Waals surface area contributed by atoms with E-state index in [1.807, 2.05) is 25.1 Å². The van der Waals surface area contributed by atoms with Crippen molar-refractivity contribution in [1.82, 2.24) is 0 Å². The highest BCUT2D eigenvalue weighted by atomic mass is 16.5. The Hall–Kier alpha value is -3.15. The normalized spacial score (nSPS) is 15.4. The molecular weight excluding hydrogens is 382 g/mol. The van der Waals surface area contributed by atoms with Crippen LogP contribution in [0.4, 0.5) is 5.69 Å². The molecule has 30 heavy (non-hydrogen) atoms.